The molecular formula is C16H30N4. The maximum Gasteiger partial charge on any atom is 0.0722 e. The molecule has 1 aromatic heterocycles. The van der Waals surface area contributed by atoms with E-state index in [0.29, 0.717) is 0 Å². The molecule has 4 heteroatoms. The zero-order chi connectivity index (χ0) is 14.8. The summed E-state index contributed by atoms with van der Waals surface area (Å²) < 4.78 is 1.96. The summed E-state index contributed by atoms with van der Waals surface area (Å²) >= 11 is 0. The highest BCUT2D eigenvalue weighted by atomic mass is 15.3. The Morgan fingerprint density at radius 2 is 2.15 bits per heavy atom. The summed E-state index contributed by atoms with van der Waals surface area (Å²) in [5.41, 5.74) is 8.44. The van der Waals surface area contributed by atoms with Gasteiger partial charge in [0.1, 0.15) is 0 Å². The molecule has 2 rings (SSSR count). The molecule has 1 aliphatic rings. The first-order valence-corrected chi connectivity index (χ1v) is 7.85. The fourth-order valence-corrected chi connectivity index (χ4v) is 3.29. The van der Waals surface area contributed by atoms with Gasteiger partial charge in [0.25, 0.3) is 0 Å². The molecule has 0 spiro atoms. The lowest BCUT2D eigenvalue weighted by Gasteiger charge is -2.33. The second kappa shape index (κ2) is 6.27. The Bertz CT molecular complexity index is 428. The first-order chi connectivity index (χ1) is 9.40. The monoisotopic (exact) mass is 278 g/mol. The highest BCUT2D eigenvalue weighted by Gasteiger charge is 2.25. The smallest absolute Gasteiger partial charge is 0.0722 e. The molecule has 0 aromatic carbocycles. The minimum Gasteiger partial charge on any atom is -0.330 e. The number of likely N-dealkylation sites (tertiary alicyclic amines) is 1. The van der Waals surface area contributed by atoms with Crippen LogP contribution in [0.4, 0.5) is 0 Å². The van der Waals surface area contributed by atoms with E-state index in [-0.39, 0.29) is 5.41 Å². The lowest BCUT2D eigenvalue weighted by Crippen LogP contribution is -2.36. The van der Waals surface area contributed by atoms with Crippen LogP contribution in [0.5, 0.6) is 0 Å². The number of piperidine rings is 1. The third kappa shape index (κ3) is 3.83. The largest absolute Gasteiger partial charge is 0.330 e. The predicted octanol–water partition coefficient (Wildman–Crippen LogP) is 2.28. The van der Waals surface area contributed by atoms with Crippen molar-refractivity contribution in [2.45, 2.75) is 52.0 Å². The third-order valence-electron chi connectivity index (χ3n) is 4.19. The quantitative estimate of drug-likeness (QED) is 0.919. The van der Waals surface area contributed by atoms with E-state index >= 15 is 0 Å². The molecule has 0 aliphatic carbocycles. The second-order valence-corrected chi connectivity index (χ2v) is 7.25. The van der Waals surface area contributed by atoms with Crippen LogP contribution >= 0.6 is 0 Å². The Morgan fingerprint density at radius 3 is 2.80 bits per heavy atom. The maximum atomic E-state index is 5.71. The highest BCUT2D eigenvalue weighted by molar-refractivity contribution is 5.24. The molecule has 4 nitrogen and oxygen atoms in total. The van der Waals surface area contributed by atoms with Crippen LogP contribution in [0.1, 0.15) is 51.3 Å². The van der Waals surface area contributed by atoms with Crippen LogP contribution in [0, 0.1) is 5.92 Å². The standard InChI is InChI=1S/C16H30N4/c1-16(2,3)15-14(11-19(4)18-15)12-20-9-5-6-13(10-20)7-8-17/h11,13H,5-10,12,17H2,1-4H3. The van der Waals surface area contributed by atoms with Crippen LogP contribution in [0.3, 0.4) is 0 Å². The SMILES string of the molecule is Cn1cc(CN2CCCC(CCN)C2)c(C(C)(C)C)n1. The number of aryl methyl sites for hydroxylation is 1. The van der Waals surface area contributed by atoms with Gasteiger partial charge in [-0.2, -0.15) is 5.10 Å². The van der Waals surface area contributed by atoms with Crippen LogP contribution in [0.2, 0.25) is 0 Å². The van der Waals surface area contributed by atoms with Gasteiger partial charge in [-0.3, -0.25) is 9.58 Å². The van der Waals surface area contributed by atoms with Gasteiger partial charge in [0.2, 0.25) is 0 Å². The minimum atomic E-state index is 0.114. The Morgan fingerprint density at radius 1 is 1.40 bits per heavy atom. The van der Waals surface area contributed by atoms with Crippen LogP contribution in [-0.2, 0) is 19.0 Å². The lowest BCUT2D eigenvalue weighted by atomic mass is 9.89. The number of hydrogen-bond donors (Lipinski definition) is 1. The van der Waals surface area contributed by atoms with E-state index in [1.54, 1.807) is 0 Å². The van der Waals surface area contributed by atoms with E-state index in [4.69, 9.17) is 5.73 Å². The summed E-state index contributed by atoms with van der Waals surface area (Å²) in [5, 5.41) is 4.67. The fourth-order valence-electron chi connectivity index (χ4n) is 3.29. The fraction of sp³-hybridized carbons (Fsp3) is 0.812. The highest BCUT2D eigenvalue weighted by Crippen LogP contribution is 2.27. The topological polar surface area (TPSA) is 47.1 Å². The molecule has 2 heterocycles. The average Bonchev–Trinajstić information content (AvgIpc) is 2.71. The Kier molecular flexibility index (Phi) is 4.86. The second-order valence-electron chi connectivity index (χ2n) is 7.25. The van der Waals surface area contributed by atoms with Crippen LogP contribution in [0.15, 0.2) is 6.20 Å². The Balaban J connectivity index is 2.06. The Labute approximate surface area is 123 Å². The number of hydrogen-bond acceptors (Lipinski definition) is 3. The molecule has 1 aromatic rings. The molecule has 0 bridgehead atoms. The van der Waals surface area contributed by atoms with E-state index in [1.807, 2.05) is 11.7 Å². The zero-order valence-electron chi connectivity index (χ0n) is 13.5. The molecule has 20 heavy (non-hydrogen) atoms. The van der Waals surface area contributed by atoms with Crippen molar-refractivity contribution in [3.63, 3.8) is 0 Å². The van der Waals surface area contributed by atoms with Gasteiger partial charge in [0.05, 0.1) is 5.69 Å². The maximum absolute atomic E-state index is 5.71. The molecule has 0 radical (unpaired) electrons. The molecule has 1 unspecified atom stereocenters. The van der Waals surface area contributed by atoms with Crippen LogP contribution in [0.25, 0.3) is 0 Å². The van der Waals surface area contributed by atoms with Crippen molar-refractivity contribution < 1.29 is 0 Å². The van der Waals surface area contributed by atoms with E-state index in [2.05, 4.69) is 37.0 Å². The van der Waals surface area contributed by atoms with Gasteiger partial charge in [0.15, 0.2) is 0 Å². The molecular weight excluding hydrogens is 248 g/mol. The zero-order valence-corrected chi connectivity index (χ0v) is 13.5. The number of aromatic nitrogens is 2. The minimum absolute atomic E-state index is 0.114. The van der Waals surface area contributed by atoms with Crippen molar-refractivity contribution in [1.29, 1.82) is 0 Å². The molecule has 1 fully saturated rings. The van der Waals surface area contributed by atoms with E-state index < -0.39 is 0 Å². The molecule has 0 saturated carbocycles. The summed E-state index contributed by atoms with van der Waals surface area (Å²) in [5.74, 6) is 0.781. The van der Waals surface area contributed by atoms with Gasteiger partial charge in [-0.25, -0.2) is 0 Å². The van der Waals surface area contributed by atoms with Gasteiger partial charge in [-0.15, -0.1) is 0 Å². The van der Waals surface area contributed by atoms with E-state index in [9.17, 15) is 0 Å². The van der Waals surface area contributed by atoms with Crippen molar-refractivity contribution in [3.8, 4) is 0 Å². The van der Waals surface area contributed by atoms with Crippen molar-refractivity contribution >= 4 is 0 Å². The molecule has 1 aliphatic heterocycles. The van der Waals surface area contributed by atoms with Gasteiger partial charge in [0, 0.05) is 37.3 Å². The lowest BCUT2D eigenvalue weighted by molar-refractivity contribution is 0.162. The predicted molar refractivity (Wildman–Crippen MR) is 83.6 cm³/mol. The van der Waals surface area contributed by atoms with Gasteiger partial charge < -0.3 is 5.73 Å². The summed E-state index contributed by atoms with van der Waals surface area (Å²) in [7, 11) is 2.02. The summed E-state index contributed by atoms with van der Waals surface area (Å²) in [6, 6.07) is 0. The third-order valence-corrected chi connectivity index (χ3v) is 4.19. The number of rotatable bonds is 4. The molecule has 2 N–H and O–H groups in total. The number of nitrogens with two attached hydrogens (primary N) is 1. The van der Waals surface area contributed by atoms with E-state index in [0.717, 1.165) is 25.4 Å². The number of nitrogens with zero attached hydrogens (tertiary/aromatic N) is 3. The summed E-state index contributed by atoms with van der Waals surface area (Å²) in [6.45, 7) is 11.0. The molecule has 0 amide bonds. The van der Waals surface area contributed by atoms with Crippen molar-refractivity contribution in [2.24, 2.45) is 18.7 Å². The first kappa shape index (κ1) is 15.5. The van der Waals surface area contributed by atoms with Crippen molar-refractivity contribution in [2.75, 3.05) is 19.6 Å². The first-order valence-electron chi connectivity index (χ1n) is 7.85. The van der Waals surface area contributed by atoms with Crippen molar-refractivity contribution in [3.05, 3.63) is 17.5 Å². The van der Waals surface area contributed by atoms with Gasteiger partial charge in [-0.1, -0.05) is 20.8 Å². The van der Waals surface area contributed by atoms with Crippen LogP contribution in [-0.4, -0.2) is 34.3 Å². The van der Waals surface area contributed by atoms with Crippen LogP contribution < -0.4 is 5.73 Å². The molecule has 1 atom stereocenters. The normalized spacial score (nSPS) is 21.4. The summed E-state index contributed by atoms with van der Waals surface area (Å²) in [6.07, 6.45) is 5.99. The summed E-state index contributed by atoms with van der Waals surface area (Å²) in [4.78, 5) is 2.58. The average molecular weight is 278 g/mol. The van der Waals surface area contributed by atoms with Crippen molar-refractivity contribution in [1.82, 2.24) is 14.7 Å². The van der Waals surface area contributed by atoms with E-state index in [1.165, 1.54) is 37.2 Å². The Hall–Kier alpha value is -0.870. The van der Waals surface area contributed by atoms with Gasteiger partial charge >= 0.3 is 0 Å². The molecule has 1 saturated heterocycles. The molecule has 114 valence electrons. The van der Waals surface area contributed by atoms with Gasteiger partial charge in [-0.05, 0) is 38.3 Å².